The molecule has 1 N–H and O–H groups in total. The molecule has 0 spiro atoms. The first-order valence-electron chi connectivity index (χ1n) is 6.90. The molecule has 0 saturated carbocycles. The van der Waals surface area contributed by atoms with Crippen LogP contribution in [0.5, 0.6) is 5.75 Å². The zero-order chi connectivity index (χ0) is 17.1. The molecule has 124 valence electrons. The van der Waals surface area contributed by atoms with Crippen molar-refractivity contribution in [3.63, 3.8) is 0 Å². The second-order valence-electron chi connectivity index (χ2n) is 4.81. The molecular formula is C16H12F2N2O3S. The zero-order valence-corrected chi connectivity index (χ0v) is 13.3. The molecule has 0 aliphatic heterocycles. The Labute approximate surface area is 139 Å². The Morgan fingerprint density at radius 3 is 2.62 bits per heavy atom. The molecule has 0 bridgehead atoms. The van der Waals surface area contributed by atoms with Gasteiger partial charge in [-0.25, -0.2) is 4.98 Å². The van der Waals surface area contributed by atoms with Crippen molar-refractivity contribution >= 4 is 22.4 Å². The van der Waals surface area contributed by atoms with Crippen molar-refractivity contribution in [1.82, 2.24) is 4.98 Å². The Kier molecular flexibility index (Phi) is 4.57. The van der Waals surface area contributed by atoms with Gasteiger partial charge in [-0.3, -0.25) is 10.1 Å². The largest absolute Gasteiger partial charge is 0.460 e. The number of furan rings is 1. The van der Waals surface area contributed by atoms with Crippen molar-refractivity contribution in [2.45, 2.75) is 13.5 Å². The minimum absolute atomic E-state index is 0.00808. The normalized spacial score (nSPS) is 10.8. The first-order chi connectivity index (χ1) is 11.5. The van der Waals surface area contributed by atoms with Crippen molar-refractivity contribution in [2.24, 2.45) is 0 Å². The van der Waals surface area contributed by atoms with Crippen molar-refractivity contribution in [3.05, 3.63) is 53.1 Å². The lowest BCUT2D eigenvalue weighted by atomic mass is 10.2. The molecule has 3 aromatic rings. The van der Waals surface area contributed by atoms with E-state index in [1.165, 1.54) is 35.6 Å². The van der Waals surface area contributed by atoms with Gasteiger partial charge in [0.25, 0.3) is 5.91 Å². The number of anilines is 1. The SMILES string of the molecule is Cc1ccc(-c2csc(NC(=O)c3ccc(OC(F)F)cc3)n2)o1. The van der Waals surface area contributed by atoms with Crippen LogP contribution in [0.1, 0.15) is 16.1 Å². The molecular weight excluding hydrogens is 338 g/mol. The first-order valence-corrected chi connectivity index (χ1v) is 7.78. The van der Waals surface area contributed by atoms with Gasteiger partial charge in [-0.15, -0.1) is 11.3 Å². The van der Waals surface area contributed by atoms with Gasteiger partial charge in [0.05, 0.1) is 0 Å². The van der Waals surface area contributed by atoms with E-state index in [4.69, 9.17) is 4.42 Å². The van der Waals surface area contributed by atoms with Crippen LogP contribution >= 0.6 is 11.3 Å². The molecule has 0 aliphatic rings. The van der Waals surface area contributed by atoms with Gasteiger partial charge in [0.2, 0.25) is 0 Å². The minimum Gasteiger partial charge on any atom is -0.460 e. The highest BCUT2D eigenvalue weighted by atomic mass is 32.1. The summed E-state index contributed by atoms with van der Waals surface area (Å²) >= 11 is 1.26. The summed E-state index contributed by atoms with van der Waals surface area (Å²) in [5.41, 5.74) is 0.936. The average molecular weight is 350 g/mol. The Morgan fingerprint density at radius 2 is 2.00 bits per heavy atom. The minimum atomic E-state index is -2.90. The van der Waals surface area contributed by atoms with E-state index < -0.39 is 12.5 Å². The highest BCUT2D eigenvalue weighted by molar-refractivity contribution is 7.14. The van der Waals surface area contributed by atoms with Crippen molar-refractivity contribution in [1.29, 1.82) is 0 Å². The van der Waals surface area contributed by atoms with Crippen LogP contribution < -0.4 is 10.1 Å². The van der Waals surface area contributed by atoms with Crippen LogP contribution in [0.25, 0.3) is 11.5 Å². The van der Waals surface area contributed by atoms with E-state index >= 15 is 0 Å². The highest BCUT2D eigenvalue weighted by Gasteiger charge is 2.12. The number of thiazole rings is 1. The van der Waals surface area contributed by atoms with Gasteiger partial charge in [0.15, 0.2) is 10.9 Å². The predicted octanol–water partition coefficient (Wildman–Crippen LogP) is 4.57. The summed E-state index contributed by atoms with van der Waals surface area (Å²) in [6.07, 6.45) is 0. The van der Waals surface area contributed by atoms with Gasteiger partial charge >= 0.3 is 6.61 Å². The summed E-state index contributed by atoms with van der Waals surface area (Å²) in [4.78, 5) is 16.4. The lowest BCUT2D eigenvalue weighted by Crippen LogP contribution is -2.11. The number of carbonyl (C=O) groups is 1. The molecule has 3 rings (SSSR count). The standard InChI is InChI=1S/C16H12F2N2O3S/c1-9-2-7-13(22-9)12-8-24-16(19-12)20-14(21)10-3-5-11(6-4-10)23-15(17)18/h2-8,15H,1H3,(H,19,20,21). The van der Waals surface area contributed by atoms with Crippen molar-refractivity contribution in [2.75, 3.05) is 5.32 Å². The molecule has 0 saturated heterocycles. The Balaban J connectivity index is 1.67. The molecule has 0 unspecified atom stereocenters. The van der Waals surface area contributed by atoms with E-state index in [0.717, 1.165) is 5.76 Å². The molecule has 0 radical (unpaired) electrons. The molecule has 0 atom stereocenters. The number of amides is 1. The van der Waals surface area contributed by atoms with Gasteiger partial charge in [0, 0.05) is 10.9 Å². The van der Waals surface area contributed by atoms with E-state index in [9.17, 15) is 13.6 Å². The Bertz CT molecular complexity index is 843. The number of alkyl halides is 2. The number of hydrogen-bond donors (Lipinski definition) is 1. The van der Waals surface area contributed by atoms with Crippen LogP contribution in [-0.4, -0.2) is 17.5 Å². The number of aryl methyl sites for hydroxylation is 1. The van der Waals surface area contributed by atoms with Crippen molar-refractivity contribution < 1.29 is 22.7 Å². The lowest BCUT2D eigenvalue weighted by Gasteiger charge is -2.05. The highest BCUT2D eigenvalue weighted by Crippen LogP contribution is 2.26. The molecule has 5 nitrogen and oxygen atoms in total. The topological polar surface area (TPSA) is 64.4 Å². The van der Waals surface area contributed by atoms with Gasteiger partial charge < -0.3 is 9.15 Å². The smallest absolute Gasteiger partial charge is 0.387 e. The number of ether oxygens (including phenoxy) is 1. The van der Waals surface area contributed by atoms with Crippen LogP contribution in [0.4, 0.5) is 13.9 Å². The summed E-state index contributed by atoms with van der Waals surface area (Å²) in [6, 6.07) is 9.04. The van der Waals surface area contributed by atoms with E-state index in [0.29, 0.717) is 22.1 Å². The van der Waals surface area contributed by atoms with Crippen LogP contribution in [0.3, 0.4) is 0 Å². The average Bonchev–Trinajstić information content (AvgIpc) is 3.16. The van der Waals surface area contributed by atoms with Crippen LogP contribution in [0.2, 0.25) is 0 Å². The van der Waals surface area contributed by atoms with Gasteiger partial charge in [-0.2, -0.15) is 8.78 Å². The molecule has 0 aliphatic carbocycles. The molecule has 0 fully saturated rings. The number of carbonyl (C=O) groups excluding carboxylic acids is 1. The summed E-state index contributed by atoms with van der Waals surface area (Å²) < 4.78 is 33.9. The molecule has 1 amide bonds. The third-order valence-electron chi connectivity index (χ3n) is 3.06. The van der Waals surface area contributed by atoms with Gasteiger partial charge in [-0.05, 0) is 43.3 Å². The molecule has 1 aromatic carbocycles. The van der Waals surface area contributed by atoms with Crippen LogP contribution in [0.15, 0.2) is 46.2 Å². The number of nitrogens with zero attached hydrogens (tertiary/aromatic N) is 1. The second-order valence-corrected chi connectivity index (χ2v) is 5.66. The number of hydrogen-bond acceptors (Lipinski definition) is 5. The number of benzene rings is 1. The maximum Gasteiger partial charge on any atom is 0.387 e. The third kappa shape index (κ3) is 3.77. The number of aromatic nitrogens is 1. The molecule has 8 heteroatoms. The first kappa shape index (κ1) is 16.1. The number of nitrogens with one attached hydrogen (secondary N) is 1. The van der Waals surface area contributed by atoms with E-state index in [-0.39, 0.29) is 5.75 Å². The summed E-state index contributed by atoms with van der Waals surface area (Å²) in [5, 5.41) is 4.84. The maximum absolute atomic E-state index is 12.1. The third-order valence-corrected chi connectivity index (χ3v) is 3.82. The van der Waals surface area contributed by atoms with Gasteiger partial charge in [0.1, 0.15) is 17.2 Å². The predicted molar refractivity (Wildman–Crippen MR) is 85.6 cm³/mol. The van der Waals surface area contributed by atoms with Crippen LogP contribution in [-0.2, 0) is 0 Å². The zero-order valence-electron chi connectivity index (χ0n) is 12.5. The fraction of sp³-hybridized carbons (Fsp3) is 0.125. The van der Waals surface area contributed by atoms with E-state index in [2.05, 4.69) is 15.0 Å². The number of rotatable bonds is 5. The maximum atomic E-state index is 12.1. The summed E-state index contributed by atoms with van der Waals surface area (Å²) in [6.45, 7) is -1.07. The Morgan fingerprint density at radius 1 is 1.25 bits per heavy atom. The fourth-order valence-corrected chi connectivity index (χ4v) is 2.67. The quantitative estimate of drug-likeness (QED) is 0.732. The molecule has 2 aromatic heterocycles. The molecule has 24 heavy (non-hydrogen) atoms. The van der Waals surface area contributed by atoms with Crippen molar-refractivity contribution in [3.8, 4) is 17.2 Å². The van der Waals surface area contributed by atoms with E-state index in [1.54, 1.807) is 11.4 Å². The Hall–Kier alpha value is -2.74. The monoisotopic (exact) mass is 350 g/mol. The number of halogens is 2. The molecule has 2 heterocycles. The van der Waals surface area contributed by atoms with Crippen LogP contribution in [0, 0.1) is 6.92 Å². The summed E-state index contributed by atoms with van der Waals surface area (Å²) in [7, 11) is 0. The second kappa shape index (κ2) is 6.79. The fourth-order valence-electron chi connectivity index (χ4n) is 1.97. The summed E-state index contributed by atoms with van der Waals surface area (Å²) in [5.74, 6) is 0.994. The van der Waals surface area contributed by atoms with Gasteiger partial charge in [-0.1, -0.05) is 0 Å². The van der Waals surface area contributed by atoms with E-state index in [1.807, 2.05) is 13.0 Å². The lowest BCUT2D eigenvalue weighted by molar-refractivity contribution is -0.0498.